The summed E-state index contributed by atoms with van der Waals surface area (Å²) in [5.74, 6) is 3.32. The Morgan fingerprint density at radius 1 is 1.44 bits per heavy atom. The first-order valence-corrected chi connectivity index (χ1v) is 7.05. The number of thioether (sulfide) groups is 1. The van der Waals surface area contributed by atoms with Crippen LogP contribution in [0.3, 0.4) is 0 Å². The molecule has 2 N–H and O–H groups in total. The van der Waals surface area contributed by atoms with Crippen molar-refractivity contribution < 1.29 is 4.74 Å². The van der Waals surface area contributed by atoms with Crippen molar-refractivity contribution in [2.24, 2.45) is 5.73 Å². The number of rotatable bonds is 4. The maximum atomic E-state index is 6.15. The van der Waals surface area contributed by atoms with Crippen molar-refractivity contribution in [3.63, 3.8) is 0 Å². The molecule has 2 nitrogen and oxygen atoms in total. The van der Waals surface area contributed by atoms with E-state index in [0.29, 0.717) is 6.10 Å². The van der Waals surface area contributed by atoms with E-state index in [2.05, 4.69) is 13.0 Å². The molecule has 0 radical (unpaired) electrons. The summed E-state index contributed by atoms with van der Waals surface area (Å²) in [4.78, 5) is 0. The van der Waals surface area contributed by atoms with Gasteiger partial charge in [-0.05, 0) is 24.0 Å². The molecule has 88 valence electrons. The van der Waals surface area contributed by atoms with E-state index in [1.807, 2.05) is 30.0 Å². The van der Waals surface area contributed by atoms with Gasteiger partial charge >= 0.3 is 0 Å². The zero-order valence-corrected chi connectivity index (χ0v) is 10.5. The standard InChI is InChI=1S/C13H19NOS/c1-2-16-8-7-10-9-12(14)11-5-3-4-6-13(11)15-10/h3-6,10,12H,2,7-9,14H2,1H3/t10?,12-/m1/s1. The highest BCUT2D eigenvalue weighted by Gasteiger charge is 2.24. The number of ether oxygens (including phenoxy) is 1. The third kappa shape index (κ3) is 2.71. The Morgan fingerprint density at radius 3 is 3.06 bits per heavy atom. The highest BCUT2D eigenvalue weighted by atomic mass is 32.2. The second kappa shape index (κ2) is 5.60. The third-order valence-corrected chi connectivity index (χ3v) is 3.85. The smallest absolute Gasteiger partial charge is 0.124 e. The van der Waals surface area contributed by atoms with E-state index in [4.69, 9.17) is 10.5 Å². The van der Waals surface area contributed by atoms with Gasteiger partial charge in [0.2, 0.25) is 0 Å². The summed E-state index contributed by atoms with van der Waals surface area (Å²) >= 11 is 1.96. The molecule has 0 saturated carbocycles. The van der Waals surface area contributed by atoms with Crippen LogP contribution in [0.15, 0.2) is 24.3 Å². The van der Waals surface area contributed by atoms with E-state index in [1.54, 1.807) is 0 Å². The average Bonchev–Trinajstić information content (AvgIpc) is 2.30. The van der Waals surface area contributed by atoms with Crippen LogP contribution in [0.2, 0.25) is 0 Å². The first-order valence-electron chi connectivity index (χ1n) is 5.90. The fourth-order valence-corrected chi connectivity index (χ4v) is 2.79. The first-order chi connectivity index (χ1) is 7.81. The molecule has 1 aliphatic heterocycles. The molecule has 2 atom stereocenters. The minimum absolute atomic E-state index is 0.140. The van der Waals surface area contributed by atoms with Gasteiger partial charge in [0.1, 0.15) is 11.9 Å². The molecule has 1 heterocycles. The quantitative estimate of drug-likeness (QED) is 0.818. The highest BCUT2D eigenvalue weighted by molar-refractivity contribution is 7.99. The van der Waals surface area contributed by atoms with Gasteiger partial charge in [-0.1, -0.05) is 25.1 Å². The van der Waals surface area contributed by atoms with Crippen LogP contribution in [0.25, 0.3) is 0 Å². The van der Waals surface area contributed by atoms with Crippen molar-refractivity contribution >= 4 is 11.8 Å². The number of fused-ring (bicyclic) bond motifs is 1. The maximum absolute atomic E-state index is 6.15. The maximum Gasteiger partial charge on any atom is 0.124 e. The molecule has 0 aromatic heterocycles. The van der Waals surface area contributed by atoms with Crippen LogP contribution >= 0.6 is 11.8 Å². The van der Waals surface area contributed by atoms with Crippen LogP contribution < -0.4 is 10.5 Å². The molecule has 1 aromatic carbocycles. The Labute approximate surface area is 102 Å². The summed E-state index contributed by atoms with van der Waals surface area (Å²) in [6.07, 6.45) is 2.34. The van der Waals surface area contributed by atoms with Crippen LogP contribution in [-0.4, -0.2) is 17.6 Å². The third-order valence-electron chi connectivity index (χ3n) is 2.92. The number of benzene rings is 1. The zero-order chi connectivity index (χ0) is 11.4. The fraction of sp³-hybridized carbons (Fsp3) is 0.538. The lowest BCUT2D eigenvalue weighted by atomic mass is 9.96. The van der Waals surface area contributed by atoms with Crippen LogP contribution in [0.4, 0.5) is 0 Å². The Morgan fingerprint density at radius 2 is 2.25 bits per heavy atom. The molecule has 1 unspecified atom stereocenters. The van der Waals surface area contributed by atoms with Gasteiger partial charge in [-0.2, -0.15) is 11.8 Å². The molecule has 16 heavy (non-hydrogen) atoms. The first kappa shape index (κ1) is 11.8. The van der Waals surface area contributed by atoms with Crippen molar-refractivity contribution in [2.45, 2.75) is 31.9 Å². The lowest BCUT2D eigenvalue weighted by Gasteiger charge is -2.30. The van der Waals surface area contributed by atoms with Crippen molar-refractivity contribution in [3.05, 3.63) is 29.8 Å². The average molecular weight is 237 g/mol. The summed E-state index contributed by atoms with van der Waals surface area (Å²) in [6, 6.07) is 8.26. The van der Waals surface area contributed by atoms with E-state index < -0.39 is 0 Å². The van der Waals surface area contributed by atoms with E-state index in [-0.39, 0.29) is 6.04 Å². The summed E-state index contributed by atoms with van der Waals surface area (Å²) < 4.78 is 5.96. The van der Waals surface area contributed by atoms with Gasteiger partial charge < -0.3 is 10.5 Å². The van der Waals surface area contributed by atoms with Crippen LogP contribution in [0.5, 0.6) is 5.75 Å². The molecule has 1 aliphatic rings. The second-order valence-corrected chi connectivity index (χ2v) is 5.50. The molecule has 0 aliphatic carbocycles. The summed E-state index contributed by atoms with van der Waals surface area (Å²) in [6.45, 7) is 2.19. The number of hydrogen-bond acceptors (Lipinski definition) is 3. The molecule has 0 spiro atoms. The Bertz CT molecular complexity index is 342. The topological polar surface area (TPSA) is 35.2 Å². The molecule has 2 rings (SSSR count). The van der Waals surface area contributed by atoms with Crippen LogP contribution in [0.1, 0.15) is 31.4 Å². The molecule has 1 aromatic rings. The van der Waals surface area contributed by atoms with Gasteiger partial charge in [-0.15, -0.1) is 0 Å². The van der Waals surface area contributed by atoms with Gasteiger partial charge in [0, 0.05) is 18.0 Å². The Kier molecular flexibility index (Phi) is 4.13. The molecular formula is C13H19NOS. The SMILES string of the molecule is CCSCCC1C[C@@H](N)c2ccccc2O1. The van der Waals surface area contributed by atoms with Gasteiger partial charge in [-0.25, -0.2) is 0 Å². The largest absolute Gasteiger partial charge is 0.490 e. The summed E-state index contributed by atoms with van der Waals surface area (Å²) in [7, 11) is 0. The van der Waals surface area contributed by atoms with Crippen molar-refractivity contribution in [2.75, 3.05) is 11.5 Å². The number of nitrogens with two attached hydrogens (primary N) is 1. The van der Waals surface area contributed by atoms with Crippen molar-refractivity contribution in [1.29, 1.82) is 0 Å². The zero-order valence-electron chi connectivity index (χ0n) is 9.69. The van der Waals surface area contributed by atoms with E-state index in [1.165, 1.54) is 5.75 Å². The van der Waals surface area contributed by atoms with E-state index >= 15 is 0 Å². The molecular weight excluding hydrogens is 218 g/mol. The predicted octanol–water partition coefficient (Wildman–Crippen LogP) is 2.98. The summed E-state index contributed by atoms with van der Waals surface area (Å²) in [5, 5.41) is 0. The van der Waals surface area contributed by atoms with E-state index in [0.717, 1.165) is 29.9 Å². The monoisotopic (exact) mass is 237 g/mol. The van der Waals surface area contributed by atoms with Gasteiger partial charge in [0.05, 0.1) is 0 Å². The van der Waals surface area contributed by atoms with Gasteiger partial charge in [-0.3, -0.25) is 0 Å². The lowest BCUT2D eigenvalue weighted by molar-refractivity contribution is 0.156. The highest BCUT2D eigenvalue weighted by Crippen LogP contribution is 2.34. The molecule has 0 fully saturated rings. The van der Waals surface area contributed by atoms with E-state index in [9.17, 15) is 0 Å². The fourth-order valence-electron chi connectivity index (χ4n) is 2.07. The normalized spacial score (nSPS) is 23.6. The predicted molar refractivity (Wildman–Crippen MR) is 70.0 cm³/mol. The van der Waals surface area contributed by atoms with Crippen LogP contribution in [-0.2, 0) is 0 Å². The minimum atomic E-state index is 0.140. The van der Waals surface area contributed by atoms with Crippen molar-refractivity contribution in [1.82, 2.24) is 0 Å². The molecule has 0 amide bonds. The lowest BCUT2D eigenvalue weighted by Crippen LogP contribution is -2.29. The molecule has 0 saturated heterocycles. The van der Waals surface area contributed by atoms with Gasteiger partial charge in [0.15, 0.2) is 0 Å². The Balaban J connectivity index is 1.98. The second-order valence-electron chi connectivity index (χ2n) is 4.11. The van der Waals surface area contributed by atoms with Crippen LogP contribution in [0, 0.1) is 0 Å². The molecule has 0 bridgehead atoms. The molecule has 3 heteroatoms. The van der Waals surface area contributed by atoms with Crippen molar-refractivity contribution in [3.8, 4) is 5.75 Å². The Hall–Kier alpha value is -0.670. The minimum Gasteiger partial charge on any atom is -0.490 e. The number of hydrogen-bond donors (Lipinski definition) is 1. The summed E-state index contributed by atoms with van der Waals surface area (Å²) in [5.41, 5.74) is 7.31. The van der Waals surface area contributed by atoms with Gasteiger partial charge in [0.25, 0.3) is 0 Å². The number of para-hydroxylation sites is 1.